The lowest BCUT2D eigenvalue weighted by Gasteiger charge is -2.21. The lowest BCUT2D eigenvalue weighted by Crippen LogP contribution is -2.36. The highest BCUT2D eigenvalue weighted by Crippen LogP contribution is 2.19. The molecular weight excluding hydrogens is 336 g/mol. The van der Waals surface area contributed by atoms with E-state index in [0.717, 1.165) is 0 Å². The number of nitrogens with one attached hydrogen (secondary N) is 1. The highest BCUT2D eigenvalue weighted by molar-refractivity contribution is 6.02. The number of ether oxygens (including phenoxy) is 2. The van der Waals surface area contributed by atoms with Gasteiger partial charge in [0.15, 0.2) is 0 Å². The van der Waals surface area contributed by atoms with Crippen LogP contribution in [0.15, 0.2) is 48.5 Å². The average Bonchev–Trinajstić information content (AvgIpc) is 2.65. The molecule has 0 spiro atoms. The molecule has 0 aliphatic carbocycles. The number of benzene rings is 2. The Balaban J connectivity index is 2.10. The molecule has 0 atom stereocenters. The summed E-state index contributed by atoms with van der Waals surface area (Å²) in [6.45, 7) is 1.22. The molecule has 0 saturated carbocycles. The number of esters is 1. The Labute approximate surface area is 151 Å². The minimum Gasteiger partial charge on any atom is -0.497 e. The highest BCUT2D eigenvalue weighted by atomic mass is 16.5. The molecule has 0 aliphatic heterocycles. The fraction of sp³-hybridized carbons (Fsp3) is 0.211. The molecular formula is C19H20N2O5. The van der Waals surface area contributed by atoms with Crippen LogP contribution in [0, 0.1) is 0 Å². The van der Waals surface area contributed by atoms with Crippen molar-refractivity contribution >= 4 is 29.2 Å². The van der Waals surface area contributed by atoms with Crippen LogP contribution in [0.1, 0.15) is 17.3 Å². The van der Waals surface area contributed by atoms with E-state index in [2.05, 4.69) is 10.1 Å². The summed E-state index contributed by atoms with van der Waals surface area (Å²) < 4.78 is 9.74. The third kappa shape index (κ3) is 4.83. The number of nitrogens with zero attached hydrogens (tertiary/aromatic N) is 1. The molecule has 2 aromatic carbocycles. The van der Waals surface area contributed by atoms with Gasteiger partial charge in [-0.15, -0.1) is 0 Å². The van der Waals surface area contributed by atoms with Gasteiger partial charge >= 0.3 is 5.97 Å². The maximum atomic E-state index is 12.3. The van der Waals surface area contributed by atoms with Gasteiger partial charge < -0.3 is 19.7 Å². The van der Waals surface area contributed by atoms with Crippen molar-refractivity contribution in [1.29, 1.82) is 0 Å². The summed E-state index contributed by atoms with van der Waals surface area (Å²) in [6, 6.07) is 13.2. The quantitative estimate of drug-likeness (QED) is 0.804. The standard InChI is InChI=1S/C19H20N2O5/c1-13(22)21(16-7-9-17(25-2)10-8-16)12-18(23)20-15-6-4-5-14(11-15)19(24)26-3/h4-11H,12H2,1-3H3,(H,20,23). The molecule has 0 aromatic heterocycles. The number of carbonyl (C=O) groups excluding carboxylic acids is 3. The minimum atomic E-state index is -0.496. The van der Waals surface area contributed by atoms with Crippen LogP contribution < -0.4 is 15.0 Å². The normalized spacial score (nSPS) is 9.96. The van der Waals surface area contributed by atoms with E-state index in [0.29, 0.717) is 22.7 Å². The predicted octanol–water partition coefficient (Wildman–Crippen LogP) is 2.47. The second-order valence-electron chi connectivity index (χ2n) is 5.42. The summed E-state index contributed by atoms with van der Waals surface area (Å²) in [5.41, 5.74) is 1.34. The number of hydrogen-bond donors (Lipinski definition) is 1. The number of methoxy groups -OCH3 is 2. The van der Waals surface area contributed by atoms with Crippen molar-refractivity contribution in [2.75, 3.05) is 31.0 Å². The first kappa shape index (κ1) is 19.0. The van der Waals surface area contributed by atoms with Gasteiger partial charge in [-0.05, 0) is 42.5 Å². The smallest absolute Gasteiger partial charge is 0.337 e. The second kappa shape index (κ2) is 8.66. The summed E-state index contributed by atoms with van der Waals surface area (Å²) in [5.74, 6) is -0.502. The van der Waals surface area contributed by atoms with Gasteiger partial charge in [0.1, 0.15) is 12.3 Å². The van der Waals surface area contributed by atoms with E-state index in [1.165, 1.54) is 25.0 Å². The number of amides is 2. The second-order valence-corrected chi connectivity index (χ2v) is 5.42. The van der Waals surface area contributed by atoms with Crippen molar-refractivity contribution in [2.45, 2.75) is 6.92 Å². The lowest BCUT2D eigenvalue weighted by molar-refractivity contribution is -0.120. The van der Waals surface area contributed by atoms with Crippen molar-refractivity contribution < 1.29 is 23.9 Å². The molecule has 0 heterocycles. The van der Waals surface area contributed by atoms with Gasteiger partial charge in [0, 0.05) is 18.3 Å². The molecule has 136 valence electrons. The van der Waals surface area contributed by atoms with Gasteiger partial charge in [0.25, 0.3) is 0 Å². The third-order valence-electron chi connectivity index (χ3n) is 3.63. The van der Waals surface area contributed by atoms with Crippen LogP contribution in [-0.2, 0) is 14.3 Å². The van der Waals surface area contributed by atoms with Crippen molar-refractivity contribution in [3.63, 3.8) is 0 Å². The predicted molar refractivity (Wildman–Crippen MR) is 97.4 cm³/mol. The number of hydrogen-bond acceptors (Lipinski definition) is 5. The lowest BCUT2D eigenvalue weighted by atomic mass is 10.2. The van der Waals surface area contributed by atoms with Gasteiger partial charge in [0.05, 0.1) is 19.8 Å². The van der Waals surface area contributed by atoms with E-state index in [4.69, 9.17) is 4.74 Å². The zero-order chi connectivity index (χ0) is 19.1. The molecule has 0 unspecified atom stereocenters. The first-order valence-corrected chi connectivity index (χ1v) is 7.85. The van der Waals surface area contributed by atoms with Gasteiger partial charge in [0.2, 0.25) is 11.8 Å². The maximum absolute atomic E-state index is 12.3. The first-order chi connectivity index (χ1) is 12.4. The van der Waals surface area contributed by atoms with E-state index in [1.54, 1.807) is 49.6 Å². The van der Waals surface area contributed by atoms with Crippen molar-refractivity contribution in [2.24, 2.45) is 0 Å². The third-order valence-corrected chi connectivity index (χ3v) is 3.63. The van der Waals surface area contributed by atoms with Crippen LogP contribution in [0.4, 0.5) is 11.4 Å². The maximum Gasteiger partial charge on any atom is 0.337 e. The topological polar surface area (TPSA) is 84.9 Å². The van der Waals surface area contributed by atoms with Crippen molar-refractivity contribution in [1.82, 2.24) is 0 Å². The zero-order valence-electron chi connectivity index (χ0n) is 14.8. The van der Waals surface area contributed by atoms with E-state index >= 15 is 0 Å². The highest BCUT2D eigenvalue weighted by Gasteiger charge is 2.16. The van der Waals surface area contributed by atoms with Gasteiger partial charge in [-0.25, -0.2) is 4.79 Å². The summed E-state index contributed by atoms with van der Waals surface area (Å²) in [7, 11) is 2.83. The fourth-order valence-electron chi connectivity index (χ4n) is 2.33. The SMILES string of the molecule is COC(=O)c1cccc(NC(=O)CN(C(C)=O)c2ccc(OC)cc2)c1. The number of rotatable bonds is 6. The van der Waals surface area contributed by atoms with E-state index in [-0.39, 0.29) is 12.5 Å². The van der Waals surface area contributed by atoms with Gasteiger partial charge in [-0.3, -0.25) is 9.59 Å². The summed E-state index contributed by atoms with van der Waals surface area (Å²) in [5, 5.41) is 2.67. The van der Waals surface area contributed by atoms with Gasteiger partial charge in [-0.2, -0.15) is 0 Å². The Morgan fingerprint density at radius 3 is 2.31 bits per heavy atom. The Morgan fingerprint density at radius 1 is 1.04 bits per heavy atom. The Bertz CT molecular complexity index is 802. The molecule has 7 nitrogen and oxygen atoms in total. The van der Waals surface area contributed by atoms with Gasteiger partial charge in [-0.1, -0.05) is 6.07 Å². The average molecular weight is 356 g/mol. The number of carbonyl (C=O) groups is 3. The molecule has 0 fully saturated rings. The van der Waals surface area contributed by atoms with E-state index in [1.807, 2.05) is 0 Å². The summed E-state index contributed by atoms with van der Waals surface area (Å²) in [6.07, 6.45) is 0. The molecule has 2 amide bonds. The molecule has 0 bridgehead atoms. The van der Waals surface area contributed by atoms with Crippen LogP contribution in [0.5, 0.6) is 5.75 Å². The van der Waals surface area contributed by atoms with Crippen molar-refractivity contribution in [3.8, 4) is 5.75 Å². The van der Waals surface area contributed by atoms with E-state index in [9.17, 15) is 14.4 Å². The van der Waals surface area contributed by atoms with Crippen LogP contribution in [-0.4, -0.2) is 38.5 Å². The molecule has 26 heavy (non-hydrogen) atoms. The van der Waals surface area contributed by atoms with Crippen LogP contribution >= 0.6 is 0 Å². The molecule has 0 radical (unpaired) electrons. The molecule has 1 N–H and O–H groups in total. The fourth-order valence-corrected chi connectivity index (χ4v) is 2.33. The largest absolute Gasteiger partial charge is 0.497 e. The summed E-state index contributed by atoms with van der Waals surface area (Å²) >= 11 is 0. The molecule has 0 saturated heterocycles. The van der Waals surface area contributed by atoms with E-state index < -0.39 is 11.9 Å². The molecule has 0 aliphatic rings. The van der Waals surface area contributed by atoms with Crippen molar-refractivity contribution in [3.05, 3.63) is 54.1 Å². The molecule has 2 rings (SSSR count). The van der Waals surface area contributed by atoms with Crippen LogP contribution in [0.25, 0.3) is 0 Å². The Hall–Kier alpha value is -3.35. The molecule has 7 heteroatoms. The molecule has 2 aromatic rings. The zero-order valence-corrected chi connectivity index (χ0v) is 14.8. The number of anilines is 2. The van der Waals surface area contributed by atoms with Crippen LogP contribution in [0.3, 0.4) is 0 Å². The first-order valence-electron chi connectivity index (χ1n) is 7.85. The Kier molecular flexibility index (Phi) is 6.32. The Morgan fingerprint density at radius 2 is 1.73 bits per heavy atom. The van der Waals surface area contributed by atoms with Crippen LogP contribution in [0.2, 0.25) is 0 Å². The minimum absolute atomic E-state index is 0.163. The monoisotopic (exact) mass is 356 g/mol. The summed E-state index contributed by atoms with van der Waals surface area (Å²) in [4.78, 5) is 37.2.